The summed E-state index contributed by atoms with van der Waals surface area (Å²) in [4.78, 5) is 7.94. The van der Waals surface area contributed by atoms with Crippen LogP contribution in [-0.2, 0) is 0 Å². The summed E-state index contributed by atoms with van der Waals surface area (Å²) in [6, 6.07) is 8.20. The molecule has 0 spiro atoms. The maximum absolute atomic E-state index is 12.6. The van der Waals surface area contributed by atoms with Gasteiger partial charge in [0.1, 0.15) is 5.69 Å². The van der Waals surface area contributed by atoms with Gasteiger partial charge in [-0.2, -0.15) is 5.10 Å². The van der Waals surface area contributed by atoms with E-state index in [0.29, 0.717) is 11.3 Å². The zero-order chi connectivity index (χ0) is 13.9. The van der Waals surface area contributed by atoms with Crippen LogP contribution < -0.4 is 0 Å². The topological polar surface area (TPSA) is 43.6 Å². The van der Waals surface area contributed by atoms with Gasteiger partial charge in [-0.3, -0.25) is 4.98 Å². The van der Waals surface area contributed by atoms with Crippen molar-refractivity contribution in [1.29, 1.82) is 0 Å². The third-order valence-electron chi connectivity index (χ3n) is 2.78. The van der Waals surface area contributed by atoms with Crippen molar-refractivity contribution in [3.63, 3.8) is 0 Å². The largest absolute Gasteiger partial charge is 0.280 e. The third-order valence-corrected chi connectivity index (χ3v) is 2.78. The quantitative estimate of drug-likeness (QED) is 0.735. The molecule has 0 N–H and O–H groups in total. The number of hydrogen-bond acceptors (Lipinski definition) is 3. The molecular weight excluding hydrogens is 262 g/mol. The Balaban J connectivity index is 1.96. The van der Waals surface area contributed by atoms with Crippen molar-refractivity contribution in [1.82, 2.24) is 19.7 Å². The van der Waals surface area contributed by atoms with Crippen LogP contribution in [0.2, 0.25) is 0 Å². The normalized spacial score (nSPS) is 10.9. The Morgan fingerprint density at radius 3 is 2.70 bits per heavy atom. The first kappa shape index (κ1) is 12.4. The minimum Gasteiger partial charge on any atom is -0.262 e. The Morgan fingerprint density at radius 2 is 1.95 bits per heavy atom. The Morgan fingerprint density at radius 1 is 1.05 bits per heavy atom. The Bertz CT molecular complexity index is 710. The monoisotopic (exact) mass is 272 g/mol. The van der Waals surface area contributed by atoms with Crippen molar-refractivity contribution in [3.05, 3.63) is 60.8 Å². The minimum atomic E-state index is -2.58. The number of alkyl halides is 2. The zero-order valence-corrected chi connectivity index (χ0v) is 10.3. The fourth-order valence-corrected chi connectivity index (χ4v) is 1.82. The lowest BCUT2D eigenvalue weighted by Crippen LogP contribution is -1.94. The molecule has 4 nitrogen and oxygen atoms in total. The molecule has 0 aliphatic carbocycles. The van der Waals surface area contributed by atoms with Gasteiger partial charge in [0.15, 0.2) is 0 Å². The van der Waals surface area contributed by atoms with E-state index in [1.807, 2.05) is 6.07 Å². The van der Waals surface area contributed by atoms with Gasteiger partial charge in [0.2, 0.25) is 0 Å². The van der Waals surface area contributed by atoms with Crippen LogP contribution in [0, 0.1) is 0 Å². The molecule has 0 fully saturated rings. The molecule has 0 saturated carbocycles. The van der Waals surface area contributed by atoms with E-state index in [4.69, 9.17) is 0 Å². The highest BCUT2D eigenvalue weighted by Gasteiger charge is 2.11. The zero-order valence-electron chi connectivity index (χ0n) is 10.3. The minimum absolute atomic E-state index is 0.239. The van der Waals surface area contributed by atoms with Gasteiger partial charge < -0.3 is 0 Å². The van der Waals surface area contributed by atoms with E-state index >= 15 is 0 Å². The number of rotatable bonds is 3. The number of pyridine rings is 2. The smallest absolute Gasteiger partial charge is 0.262 e. The van der Waals surface area contributed by atoms with Gasteiger partial charge in [-0.15, -0.1) is 0 Å². The highest BCUT2D eigenvalue weighted by atomic mass is 19.3. The van der Waals surface area contributed by atoms with Crippen LogP contribution in [-0.4, -0.2) is 19.7 Å². The number of hydrogen-bond donors (Lipinski definition) is 0. The van der Waals surface area contributed by atoms with E-state index in [-0.39, 0.29) is 5.69 Å². The van der Waals surface area contributed by atoms with E-state index in [2.05, 4.69) is 15.1 Å². The molecule has 20 heavy (non-hydrogen) atoms. The highest BCUT2D eigenvalue weighted by Crippen LogP contribution is 2.22. The van der Waals surface area contributed by atoms with Gasteiger partial charge in [0.05, 0.1) is 23.8 Å². The molecule has 0 amide bonds. The molecule has 3 aromatic heterocycles. The molecule has 0 aliphatic heterocycles. The fraction of sp³-hybridized carbons (Fsp3) is 0.0714. The predicted octanol–water partition coefficient (Wildman–Crippen LogP) is 3.27. The van der Waals surface area contributed by atoms with E-state index in [1.165, 1.54) is 6.07 Å². The van der Waals surface area contributed by atoms with E-state index in [9.17, 15) is 8.78 Å². The third kappa shape index (κ3) is 2.40. The summed E-state index contributed by atoms with van der Waals surface area (Å²) >= 11 is 0. The van der Waals surface area contributed by atoms with Gasteiger partial charge in [-0.1, -0.05) is 6.07 Å². The van der Waals surface area contributed by atoms with Crippen LogP contribution in [0.25, 0.3) is 16.9 Å². The molecule has 3 aromatic rings. The van der Waals surface area contributed by atoms with Crippen molar-refractivity contribution < 1.29 is 8.78 Å². The standard InChI is InChI=1S/C14H10F2N4/c15-14(16)13-5-1-4-12(19-13)10-7-18-20(9-10)11-3-2-6-17-8-11/h1-9,14H. The molecule has 100 valence electrons. The second kappa shape index (κ2) is 5.16. The number of aromatic nitrogens is 4. The molecule has 0 aromatic carbocycles. The van der Waals surface area contributed by atoms with Crippen LogP contribution >= 0.6 is 0 Å². The molecule has 0 saturated heterocycles. The summed E-state index contributed by atoms with van der Waals surface area (Å²) in [5.74, 6) is 0. The molecule has 0 unspecified atom stereocenters. The van der Waals surface area contributed by atoms with Crippen molar-refractivity contribution in [3.8, 4) is 16.9 Å². The maximum Gasteiger partial charge on any atom is 0.280 e. The van der Waals surface area contributed by atoms with Crippen molar-refractivity contribution in [2.75, 3.05) is 0 Å². The summed E-state index contributed by atoms with van der Waals surface area (Å²) in [5.41, 5.74) is 1.70. The lowest BCUT2D eigenvalue weighted by atomic mass is 10.2. The second-order valence-corrected chi connectivity index (χ2v) is 4.13. The van der Waals surface area contributed by atoms with E-state index in [1.54, 1.807) is 47.7 Å². The van der Waals surface area contributed by atoms with Crippen LogP contribution in [0.15, 0.2) is 55.1 Å². The molecule has 3 rings (SSSR count). The first-order chi connectivity index (χ1) is 9.74. The maximum atomic E-state index is 12.6. The first-order valence-electron chi connectivity index (χ1n) is 5.94. The summed E-state index contributed by atoms with van der Waals surface area (Å²) in [5, 5.41) is 4.19. The summed E-state index contributed by atoms with van der Waals surface area (Å²) in [6.07, 6.45) is 4.07. The van der Waals surface area contributed by atoms with Crippen LogP contribution in [0.3, 0.4) is 0 Å². The summed E-state index contributed by atoms with van der Waals surface area (Å²) < 4.78 is 26.9. The highest BCUT2D eigenvalue weighted by molar-refractivity contribution is 5.57. The van der Waals surface area contributed by atoms with Gasteiger partial charge in [-0.05, 0) is 24.3 Å². The molecule has 0 aliphatic rings. The molecule has 0 bridgehead atoms. The van der Waals surface area contributed by atoms with Gasteiger partial charge in [-0.25, -0.2) is 18.4 Å². The van der Waals surface area contributed by atoms with E-state index < -0.39 is 6.43 Å². The lowest BCUT2D eigenvalue weighted by Gasteiger charge is -2.01. The van der Waals surface area contributed by atoms with Crippen LogP contribution in [0.4, 0.5) is 8.78 Å². The van der Waals surface area contributed by atoms with Crippen LogP contribution in [0.1, 0.15) is 12.1 Å². The molecule has 0 radical (unpaired) electrons. The fourth-order valence-electron chi connectivity index (χ4n) is 1.82. The van der Waals surface area contributed by atoms with Crippen LogP contribution in [0.5, 0.6) is 0 Å². The summed E-state index contributed by atoms with van der Waals surface area (Å²) in [6.45, 7) is 0. The van der Waals surface area contributed by atoms with E-state index in [0.717, 1.165) is 5.69 Å². The van der Waals surface area contributed by atoms with Gasteiger partial charge in [0, 0.05) is 18.0 Å². The molecule has 0 atom stereocenters. The summed E-state index contributed by atoms with van der Waals surface area (Å²) in [7, 11) is 0. The second-order valence-electron chi connectivity index (χ2n) is 4.13. The Labute approximate surface area is 113 Å². The number of nitrogens with zero attached hydrogens (tertiary/aromatic N) is 4. The first-order valence-corrected chi connectivity index (χ1v) is 5.94. The van der Waals surface area contributed by atoms with Gasteiger partial charge >= 0.3 is 0 Å². The molecular formula is C14H10F2N4. The van der Waals surface area contributed by atoms with Crippen molar-refractivity contribution >= 4 is 0 Å². The number of halogens is 2. The van der Waals surface area contributed by atoms with Gasteiger partial charge in [0.25, 0.3) is 6.43 Å². The Kier molecular flexibility index (Phi) is 3.20. The van der Waals surface area contributed by atoms with Crippen molar-refractivity contribution in [2.45, 2.75) is 6.43 Å². The molecule has 3 heterocycles. The predicted molar refractivity (Wildman–Crippen MR) is 69.5 cm³/mol. The SMILES string of the molecule is FC(F)c1cccc(-c2cnn(-c3cccnc3)c2)n1. The van der Waals surface area contributed by atoms with Crippen molar-refractivity contribution in [2.24, 2.45) is 0 Å². The average molecular weight is 272 g/mol. The molecule has 6 heteroatoms. The average Bonchev–Trinajstić information content (AvgIpc) is 2.98. The lowest BCUT2D eigenvalue weighted by molar-refractivity contribution is 0.146. The Hall–Kier alpha value is -2.63.